The van der Waals surface area contributed by atoms with Crippen LogP contribution in [0.15, 0.2) is 29.2 Å². The van der Waals surface area contributed by atoms with Crippen molar-refractivity contribution in [1.29, 1.82) is 0 Å². The molecule has 0 bridgehead atoms. The van der Waals surface area contributed by atoms with Gasteiger partial charge in [0, 0.05) is 0 Å². The molecule has 0 aromatic heterocycles. The van der Waals surface area contributed by atoms with Gasteiger partial charge < -0.3 is 4.74 Å². The highest BCUT2D eigenvalue weighted by Gasteiger charge is 2.30. The molecule has 1 aliphatic rings. The molecule has 1 aromatic carbocycles. The highest BCUT2D eigenvalue weighted by Crippen LogP contribution is 2.18. The van der Waals surface area contributed by atoms with Gasteiger partial charge in [-0.15, -0.1) is 0 Å². The zero-order chi connectivity index (χ0) is 10.2. The van der Waals surface area contributed by atoms with Gasteiger partial charge in [0.2, 0.25) is 0 Å². The van der Waals surface area contributed by atoms with Crippen molar-refractivity contribution in [2.45, 2.75) is 17.9 Å². The lowest BCUT2D eigenvalue weighted by atomic mass is 10.2. The SMILES string of the molecule is Cc1ccc(S(=O)(=O)C[C@@H]2CO2)cc1. The summed E-state index contributed by atoms with van der Waals surface area (Å²) in [4.78, 5) is 0.388. The van der Waals surface area contributed by atoms with Crippen LogP contribution in [0.3, 0.4) is 0 Å². The van der Waals surface area contributed by atoms with Crippen molar-refractivity contribution >= 4 is 9.84 Å². The molecule has 0 N–H and O–H groups in total. The largest absolute Gasteiger partial charge is 0.372 e. The first-order chi connectivity index (χ1) is 6.58. The summed E-state index contributed by atoms with van der Waals surface area (Å²) in [5.74, 6) is 0.107. The Morgan fingerprint density at radius 1 is 1.36 bits per heavy atom. The van der Waals surface area contributed by atoms with E-state index in [1.807, 2.05) is 6.92 Å². The van der Waals surface area contributed by atoms with Gasteiger partial charge in [0.15, 0.2) is 9.84 Å². The van der Waals surface area contributed by atoms with Crippen LogP contribution in [0.25, 0.3) is 0 Å². The zero-order valence-electron chi connectivity index (χ0n) is 7.93. The number of epoxide rings is 1. The van der Waals surface area contributed by atoms with E-state index >= 15 is 0 Å². The lowest BCUT2D eigenvalue weighted by molar-refractivity contribution is 0.422. The average molecular weight is 212 g/mol. The predicted octanol–water partition coefficient (Wildman–Crippen LogP) is 1.17. The van der Waals surface area contributed by atoms with E-state index in [-0.39, 0.29) is 11.9 Å². The number of hydrogen-bond acceptors (Lipinski definition) is 3. The molecule has 2 rings (SSSR count). The molecule has 1 aromatic rings. The first-order valence-corrected chi connectivity index (χ1v) is 6.14. The van der Waals surface area contributed by atoms with Gasteiger partial charge in [-0.25, -0.2) is 8.42 Å². The van der Waals surface area contributed by atoms with Crippen LogP contribution in [0, 0.1) is 6.92 Å². The normalized spacial score (nSPS) is 20.8. The predicted molar refractivity (Wildman–Crippen MR) is 53.0 cm³/mol. The van der Waals surface area contributed by atoms with Crippen LogP contribution < -0.4 is 0 Å². The molecule has 3 nitrogen and oxygen atoms in total. The van der Waals surface area contributed by atoms with Gasteiger partial charge in [-0.2, -0.15) is 0 Å². The third-order valence-electron chi connectivity index (χ3n) is 2.19. The second-order valence-corrected chi connectivity index (χ2v) is 5.58. The summed E-state index contributed by atoms with van der Waals surface area (Å²) in [5.41, 5.74) is 1.06. The molecule has 1 atom stereocenters. The number of hydrogen-bond donors (Lipinski definition) is 0. The quantitative estimate of drug-likeness (QED) is 0.706. The maximum Gasteiger partial charge on any atom is 0.181 e. The molecule has 0 spiro atoms. The third-order valence-corrected chi connectivity index (χ3v) is 3.99. The molecule has 0 amide bonds. The molecule has 0 saturated carbocycles. The lowest BCUT2D eigenvalue weighted by Gasteiger charge is -2.02. The van der Waals surface area contributed by atoms with Crippen molar-refractivity contribution in [3.63, 3.8) is 0 Å². The fourth-order valence-electron chi connectivity index (χ4n) is 1.25. The van der Waals surface area contributed by atoms with Crippen molar-refractivity contribution in [1.82, 2.24) is 0 Å². The fourth-order valence-corrected chi connectivity index (χ4v) is 2.68. The highest BCUT2D eigenvalue weighted by molar-refractivity contribution is 7.91. The van der Waals surface area contributed by atoms with E-state index in [2.05, 4.69) is 0 Å². The Morgan fingerprint density at radius 2 is 1.93 bits per heavy atom. The second kappa shape index (κ2) is 3.37. The van der Waals surface area contributed by atoms with Crippen molar-refractivity contribution in [3.8, 4) is 0 Å². The van der Waals surface area contributed by atoms with Gasteiger partial charge in [0.05, 0.1) is 23.4 Å². The molecular formula is C10H12O3S. The Morgan fingerprint density at radius 3 is 2.43 bits per heavy atom. The van der Waals surface area contributed by atoms with E-state index in [9.17, 15) is 8.42 Å². The fraction of sp³-hybridized carbons (Fsp3) is 0.400. The minimum absolute atomic E-state index is 0.0821. The number of ether oxygens (including phenoxy) is 1. The molecule has 1 fully saturated rings. The van der Waals surface area contributed by atoms with Gasteiger partial charge in [0.1, 0.15) is 0 Å². The van der Waals surface area contributed by atoms with Crippen LogP contribution in [0.2, 0.25) is 0 Å². The van der Waals surface area contributed by atoms with Crippen LogP contribution in [0.1, 0.15) is 5.56 Å². The van der Waals surface area contributed by atoms with E-state index in [0.29, 0.717) is 11.5 Å². The summed E-state index contributed by atoms with van der Waals surface area (Å²) in [6, 6.07) is 6.90. The van der Waals surface area contributed by atoms with Gasteiger partial charge in [-0.3, -0.25) is 0 Å². The van der Waals surface area contributed by atoms with E-state index in [0.717, 1.165) is 5.56 Å². The number of aryl methyl sites for hydroxylation is 1. The summed E-state index contributed by atoms with van der Waals surface area (Å²) < 4.78 is 28.3. The van der Waals surface area contributed by atoms with Gasteiger partial charge >= 0.3 is 0 Å². The van der Waals surface area contributed by atoms with Gasteiger partial charge in [0.25, 0.3) is 0 Å². The molecule has 4 heteroatoms. The summed E-state index contributed by atoms with van der Waals surface area (Å²) in [6.45, 7) is 2.51. The van der Waals surface area contributed by atoms with E-state index in [1.165, 1.54) is 0 Å². The van der Waals surface area contributed by atoms with E-state index < -0.39 is 9.84 Å². The number of benzene rings is 1. The molecule has 14 heavy (non-hydrogen) atoms. The minimum Gasteiger partial charge on any atom is -0.372 e. The van der Waals surface area contributed by atoms with Crippen LogP contribution >= 0.6 is 0 Å². The number of sulfone groups is 1. The smallest absolute Gasteiger partial charge is 0.181 e. The molecule has 0 aliphatic carbocycles. The van der Waals surface area contributed by atoms with Gasteiger partial charge in [-0.1, -0.05) is 17.7 Å². The first-order valence-electron chi connectivity index (χ1n) is 4.49. The summed E-state index contributed by atoms with van der Waals surface area (Å²) in [6.07, 6.45) is -0.0821. The van der Waals surface area contributed by atoms with Crippen molar-refractivity contribution in [2.75, 3.05) is 12.4 Å². The third kappa shape index (κ3) is 2.13. The maximum absolute atomic E-state index is 11.7. The first kappa shape index (κ1) is 9.68. The maximum atomic E-state index is 11.7. The van der Waals surface area contributed by atoms with Crippen molar-refractivity contribution in [3.05, 3.63) is 29.8 Å². The minimum atomic E-state index is -3.14. The molecular weight excluding hydrogens is 200 g/mol. The monoisotopic (exact) mass is 212 g/mol. The molecule has 1 heterocycles. The van der Waals surface area contributed by atoms with Crippen LogP contribution in [-0.4, -0.2) is 26.9 Å². The summed E-state index contributed by atoms with van der Waals surface area (Å²) >= 11 is 0. The topological polar surface area (TPSA) is 46.7 Å². The molecule has 0 radical (unpaired) electrons. The van der Waals surface area contributed by atoms with Crippen molar-refractivity contribution in [2.24, 2.45) is 0 Å². The average Bonchev–Trinajstić information content (AvgIpc) is 2.88. The van der Waals surface area contributed by atoms with Crippen LogP contribution in [-0.2, 0) is 14.6 Å². The second-order valence-electron chi connectivity index (χ2n) is 3.55. The van der Waals surface area contributed by atoms with E-state index in [1.54, 1.807) is 24.3 Å². The Hall–Kier alpha value is -0.870. The molecule has 76 valence electrons. The molecule has 1 saturated heterocycles. The van der Waals surface area contributed by atoms with E-state index in [4.69, 9.17) is 4.74 Å². The lowest BCUT2D eigenvalue weighted by Crippen LogP contribution is -2.11. The van der Waals surface area contributed by atoms with Crippen LogP contribution in [0.5, 0.6) is 0 Å². The molecule has 1 aliphatic heterocycles. The Labute approximate surface area is 83.6 Å². The highest BCUT2D eigenvalue weighted by atomic mass is 32.2. The Kier molecular flexibility index (Phi) is 2.33. The summed E-state index contributed by atoms with van der Waals surface area (Å²) in [7, 11) is -3.14. The van der Waals surface area contributed by atoms with Crippen LogP contribution in [0.4, 0.5) is 0 Å². The van der Waals surface area contributed by atoms with Crippen molar-refractivity contribution < 1.29 is 13.2 Å². The Balaban J connectivity index is 2.24. The summed E-state index contributed by atoms with van der Waals surface area (Å²) in [5, 5.41) is 0. The van der Waals surface area contributed by atoms with Gasteiger partial charge in [-0.05, 0) is 19.1 Å². The number of rotatable bonds is 3. The zero-order valence-corrected chi connectivity index (χ0v) is 8.75. The molecule has 0 unspecified atom stereocenters. The Bertz CT molecular complexity index is 415. The standard InChI is InChI=1S/C10H12O3S/c1-8-2-4-10(5-3-8)14(11,12)7-9-6-13-9/h2-5,9H,6-7H2,1H3/t9-/m0/s1.